The number of rotatable bonds is 12. The van der Waals surface area contributed by atoms with Crippen LogP contribution in [0.5, 0.6) is 5.75 Å². The van der Waals surface area contributed by atoms with Gasteiger partial charge in [-0.1, -0.05) is 0 Å². The van der Waals surface area contributed by atoms with Crippen LogP contribution in [0.15, 0.2) is 30.8 Å². The summed E-state index contributed by atoms with van der Waals surface area (Å²) in [5.41, 5.74) is 1.30. The van der Waals surface area contributed by atoms with Crippen LogP contribution < -0.4 is 4.74 Å². The van der Waals surface area contributed by atoms with E-state index in [1.54, 1.807) is 7.11 Å². The molecule has 0 heterocycles. The molecule has 0 radical (unpaired) electrons. The summed E-state index contributed by atoms with van der Waals surface area (Å²) in [6, 6.07) is 8.53. The molecule has 1 rings (SSSR count). The second-order valence-electron chi connectivity index (χ2n) is 6.77. The van der Waals surface area contributed by atoms with Gasteiger partial charge in [0.25, 0.3) is 0 Å². The minimum absolute atomic E-state index is 1.02. The topological polar surface area (TPSA) is 9.23 Å². The molecule has 0 fully saturated rings. The van der Waals surface area contributed by atoms with Gasteiger partial charge in [-0.25, -0.2) is 0 Å². The van der Waals surface area contributed by atoms with E-state index in [2.05, 4.69) is 51.6 Å². The Labute approximate surface area is 148 Å². The van der Waals surface area contributed by atoms with Gasteiger partial charge in [0.05, 0.1) is 0 Å². The van der Waals surface area contributed by atoms with Crippen molar-refractivity contribution in [2.75, 3.05) is 7.11 Å². The Bertz CT molecular complexity index is 445. The van der Waals surface area contributed by atoms with Gasteiger partial charge >= 0.3 is 149 Å². The van der Waals surface area contributed by atoms with Crippen molar-refractivity contribution >= 4 is 22.0 Å². The molecule has 0 aliphatic heterocycles. The van der Waals surface area contributed by atoms with Gasteiger partial charge < -0.3 is 0 Å². The summed E-state index contributed by atoms with van der Waals surface area (Å²) in [6.45, 7) is 11.6. The molecule has 0 aliphatic rings. The molecule has 130 valence electrons. The van der Waals surface area contributed by atoms with Gasteiger partial charge in [0.2, 0.25) is 0 Å². The molecule has 1 aromatic rings. The molecule has 1 nitrogen and oxygen atoms in total. The average molecular weight is 423 g/mol. The van der Waals surface area contributed by atoms with Crippen molar-refractivity contribution in [1.29, 1.82) is 0 Å². The van der Waals surface area contributed by atoms with Gasteiger partial charge in [-0.2, -0.15) is 0 Å². The van der Waals surface area contributed by atoms with Gasteiger partial charge in [0.1, 0.15) is 0 Å². The number of unbranched alkanes of at least 4 members (excludes halogenated alkanes) is 3. The third-order valence-electron chi connectivity index (χ3n) is 5.10. The quantitative estimate of drug-likeness (QED) is 0.326. The van der Waals surface area contributed by atoms with Crippen molar-refractivity contribution in [3.8, 4) is 5.75 Å². The summed E-state index contributed by atoms with van der Waals surface area (Å²) in [5.74, 6) is 1.02. The molecule has 0 atom stereocenters. The molecular weight excluding hydrogens is 387 g/mol. The third kappa shape index (κ3) is 5.85. The van der Waals surface area contributed by atoms with Crippen LogP contribution in [-0.4, -0.2) is 25.5 Å². The number of ether oxygens (including phenoxy) is 1. The summed E-state index contributed by atoms with van der Waals surface area (Å²) in [5, 5.41) is 0. The Morgan fingerprint density at radius 2 is 1.39 bits per heavy atom. The van der Waals surface area contributed by atoms with E-state index in [-0.39, 0.29) is 0 Å². The average Bonchev–Trinajstić information content (AvgIpc) is 2.60. The van der Waals surface area contributed by atoms with Gasteiger partial charge in [-0.05, 0) is 0 Å². The number of methoxy groups -OCH3 is 1. The molecule has 1 aromatic carbocycles. The molecule has 2 heteroatoms. The number of benzene rings is 1. The van der Waals surface area contributed by atoms with Crippen molar-refractivity contribution in [1.82, 2.24) is 0 Å². The van der Waals surface area contributed by atoms with E-state index >= 15 is 0 Å². The van der Waals surface area contributed by atoms with E-state index in [4.69, 9.17) is 4.74 Å². The van der Waals surface area contributed by atoms with Gasteiger partial charge in [0.15, 0.2) is 0 Å². The predicted octanol–water partition coefficient (Wildman–Crippen LogP) is 7.10. The Hall–Kier alpha value is -0.441. The molecule has 0 saturated heterocycles. The van der Waals surface area contributed by atoms with Crippen LogP contribution >= 0.6 is 0 Å². The second kappa shape index (κ2) is 11.2. The predicted molar refractivity (Wildman–Crippen MR) is 107 cm³/mol. The summed E-state index contributed by atoms with van der Waals surface area (Å²) in [4.78, 5) is 0. The van der Waals surface area contributed by atoms with Gasteiger partial charge in [-0.15, -0.1) is 0 Å². The molecule has 0 unspecified atom stereocenters. The van der Waals surface area contributed by atoms with E-state index < -0.39 is 18.4 Å². The minimum atomic E-state index is -2.42. The zero-order chi connectivity index (χ0) is 17.1. The van der Waals surface area contributed by atoms with Crippen LogP contribution in [0.3, 0.4) is 0 Å². The molecule has 0 spiro atoms. The molecule has 23 heavy (non-hydrogen) atoms. The van der Waals surface area contributed by atoms with Crippen molar-refractivity contribution < 1.29 is 4.74 Å². The van der Waals surface area contributed by atoms with E-state index in [1.807, 2.05) is 0 Å². The van der Waals surface area contributed by atoms with Crippen molar-refractivity contribution in [2.45, 2.75) is 72.6 Å². The summed E-state index contributed by atoms with van der Waals surface area (Å²) < 4.78 is 11.5. The van der Waals surface area contributed by atoms with E-state index in [0.29, 0.717) is 0 Å². The summed E-state index contributed by atoms with van der Waals surface area (Å²) >= 11 is -2.42. The second-order valence-corrected chi connectivity index (χ2v) is 20.1. The fourth-order valence-electron chi connectivity index (χ4n) is 3.55. The van der Waals surface area contributed by atoms with Crippen LogP contribution in [0, 0.1) is 0 Å². The summed E-state index contributed by atoms with van der Waals surface area (Å²) in [7, 11) is 1.79. The molecule has 0 amide bonds. The van der Waals surface area contributed by atoms with Crippen LogP contribution in [0.2, 0.25) is 13.3 Å². The maximum atomic E-state index is 5.65. The standard InChI is InChI=1S/C9H9O.3C4H9.Sn/c1-3-8-6-4-5-7-9(8)10-2;3*1-3-4-2;/h4-7H,1H2,2H3;3*1,3-4H2,2H3;. The number of hydrogen-bond acceptors (Lipinski definition) is 1. The molecular formula is C21H36OSn. The van der Waals surface area contributed by atoms with Gasteiger partial charge in [-0.3, -0.25) is 0 Å². The summed E-state index contributed by atoms with van der Waals surface area (Å²) in [6.07, 6.45) is 8.02. The zero-order valence-corrected chi connectivity index (χ0v) is 18.6. The van der Waals surface area contributed by atoms with E-state index in [9.17, 15) is 0 Å². The van der Waals surface area contributed by atoms with Crippen molar-refractivity contribution in [2.24, 2.45) is 0 Å². The van der Waals surface area contributed by atoms with E-state index in [1.165, 1.54) is 61.0 Å². The first-order valence-electron chi connectivity index (χ1n) is 9.48. The first-order chi connectivity index (χ1) is 11.1. The van der Waals surface area contributed by atoms with Crippen molar-refractivity contribution in [3.63, 3.8) is 0 Å². The Balaban J connectivity index is 3.18. The SMILES string of the molecule is C=[C](c1ccccc1OC)[Sn]([CH2]CCC)([CH2]CCC)[CH2]CCC. The Morgan fingerprint density at radius 1 is 0.913 bits per heavy atom. The number of para-hydroxylation sites is 1. The van der Waals surface area contributed by atoms with Crippen LogP contribution in [0.1, 0.15) is 64.9 Å². The normalized spacial score (nSPS) is 11.5. The molecule has 0 saturated carbocycles. The Morgan fingerprint density at radius 3 is 1.83 bits per heavy atom. The van der Waals surface area contributed by atoms with Crippen LogP contribution in [0.4, 0.5) is 0 Å². The molecule has 0 aromatic heterocycles. The van der Waals surface area contributed by atoms with Gasteiger partial charge in [0, 0.05) is 0 Å². The Kier molecular flexibility index (Phi) is 10.0. The first-order valence-corrected chi connectivity index (χ1v) is 17.0. The maximum absolute atomic E-state index is 5.65. The van der Waals surface area contributed by atoms with Crippen molar-refractivity contribution in [3.05, 3.63) is 36.4 Å². The van der Waals surface area contributed by atoms with Crippen LogP contribution in [-0.2, 0) is 0 Å². The first kappa shape index (κ1) is 20.6. The number of hydrogen-bond donors (Lipinski definition) is 0. The fourth-order valence-corrected chi connectivity index (χ4v) is 19.3. The molecule has 0 bridgehead atoms. The fraction of sp³-hybridized carbons (Fsp3) is 0.619. The zero-order valence-electron chi connectivity index (χ0n) is 15.8. The molecule has 0 N–H and O–H groups in total. The van der Waals surface area contributed by atoms with E-state index in [0.717, 1.165) is 5.75 Å². The van der Waals surface area contributed by atoms with Crippen LogP contribution in [0.25, 0.3) is 3.59 Å². The monoisotopic (exact) mass is 424 g/mol. The third-order valence-corrected chi connectivity index (χ3v) is 20.7. The molecule has 0 aliphatic carbocycles.